The van der Waals surface area contributed by atoms with Gasteiger partial charge in [0.1, 0.15) is 30.2 Å². The van der Waals surface area contributed by atoms with Crippen LogP contribution in [0.4, 0.5) is 5.82 Å². The van der Waals surface area contributed by atoms with Gasteiger partial charge >= 0.3 is 7.82 Å². The number of phosphoric ester groups is 1. The predicted molar refractivity (Wildman–Crippen MR) is 92.5 cm³/mol. The third kappa shape index (κ3) is 3.97. The molecule has 1 saturated heterocycles. The third-order valence-electron chi connectivity index (χ3n) is 3.97. The number of imidazole rings is 1. The van der Waals surface area contributed by atoms with Gasteiger partial charge in [-0.3, -0.25) is 18.1 Å². The van der Waals surface area contributed by atoms with E-state index in [4.69, 9.17) is 24.0 Å². The molecule has 27 heavy (non-hydrogen) atoms. The maximum absolute atomic E-state index is 12.4. The summed E-state index contributed by atoms with van der Waals surface area (Å²) < 4.78 is 34.8. The highest BCUT2D eigenvalue weighted by atomic mass is 31.2. The Labute approximate surface area is 154 Å². The highest BCUT2D eigenvalue weighted by molar-refractivity contribution is 7.48. The molecule has 2 aromatic heterocycles. The Morgan fingerprint density at radius 1 is 1.19 bits per heavy atom. The lowest BCUT2D eigenvalue weighted by atomic mass is 10.1. The number of hydrogen-bond acceptors (Lipinski definition) is 11. The zero-order valence-corrected chi connectivity index (χ0v) is 15.7. The van der Waals surface area contributed by atoms with E-state index in [1.165, 1.54) is 17.2 Å². The molecule has 3 heterocycles. The molecule has 1 aliphatic rings. The maximum atomic E-state index is 12.4. The van der Waals surface area contributed by atoms with Crippen LogP contribution in [0, 0.1) is 0 Å². The molecule has 0 amide bonds. The van der Waals surface area contributed by atoms with Crippen molar-refractivity contribution in [3.05, 3.63) is 12.7 Å². The van der Waals surface area contributed by atoms with Crippen LogP contribution in [0.2, 0.25) is 0 Å². The summed E-state index contributed by atoms with van der Waals surface area (Å²) >= 11 is 0. The van der Waals surface area contributed by atoms with Gasteiger partial charge in [0, 0.05) is 0 Å². The largest absolute Gasteiger partial charge is 0.474 e. The Morgan fingerprint density at radius 2 is 1.89 bits per heavy atom. The van der Waals surface area contributed by atoms with Gasteiger partial charge in [-0.15, -0.1) is 0 Å². The number of nitrogen functional groups attached to an aromatic ring is 1. The number of phosphoric acid groups is 1. The number of aromatic nitrogens is 4. The van der Waals surface area contributed by atoms with Crippen molar-refractivity contribution in [1.82, 2.24) is 19.5 Å². The Morgan fingerprint density at radius 3 is 2.56 bits per heavy atom. The summed E-state index contributed by atoms with van der Waals surface area (Å²) in [6, 6.07) is 0. The third-order valence-corrected chi connectivity index (χ3v) is 5.58. The van der Waals surface area contributed by atoms with Gasteiger partial charge in [0.05, 0.1) is 26.1 Å². The smallest absolute Gasteiger partial charge is 0.387 e. The summed E-state index contributed by atoms with van der Waals surface area (Å²) in [4.78, 5) is 12.0. The molecule has 3 rings (SSSR count). The fourth-order valence-corrected chi connectivity index (χ4v) is 3.93. The summed E-state index contributed by atoms with van der Waals surface area (Å²) in [5.41, 5.74) is 6.44. The molecule has 0 saturated carbocycles. The monoisotopic (exact) mass is 403 g/mol. The highest BCUT2D eigenvalue weighted by Crippen LogP contribution is 2.49. The van der Waals surface area contributed by atoms with Crippen LogP contribution < -0.4 is 5.73 Å². The Bertz CT molecular complexity index is 823. The minimum absolute atomic E-state index is 0.124. The number of anilines is 1. The number of aliphatic hydroxyl groups excluding tert-OH is 2. The molecule has 0 aromatic carbocycles. The van der Waals surface area contributed by atoms with Gasteiger partial charge < -0.3 is 20.7 Å². The van der Waals surface area contributed by atoms with Gasteiger partial charge in [-0.25, -0.2) is 19.5 Å². The Kier molecular flexibility index (Phi) is 6.06. The van der Waals surface area contributed by atoms with Crippen LogP contribution >= 0.6 is 7.82 Å². The quantitative estimate of drug-likeness (QED) is 0.517. The van der Waals surface area contributed by atoms with Crippen molar-refractivity contribution in [3.63, 3.8) is 0 Å². The fraction of sp³-hybridized carbons (Fsp3) is 0.643. The number of ether oxygens (including phenoxy) is 1. The second-order valence-corrected chi connectivity index (χ2v) is 7.38. The normalized spacial score (nSPS) is 26.1. The average Bonchev–Trinajstić information content (AvgIpc) is 3.17. The predicted octanol–water partition coefficient (Wildman–Crippen LogP) is 0.225. The molecule has 4 N–H and O–H groups in total. The van der Waals surface area contributed by atoms with Crippen LogP contribution in [-0.4, -0.2) is 67.9 Å². The molecule has 0 spiro atoms. The highest BCUT2D eigenvalue weighted by Gasteiger charge is 2.45. The van der Waals surface area contributed by atoms with Crippen LogP contribution in [0.1, 0.15) is 20.1 Å². The van der Waals surface area contributed by atoms with E-state index in [2.05, 4.69) is 15.0 Å². The van der Waals surface area contributed by atoms with E-state index in [1.54, 1.807) is 13.8 Å². The summed E-state index contributed by atoms with van der Waals surface area (Å²) in [5.74, 6) is 0.182. The molecule has 1 fully saturated rings. The number of hydrogen-bond donors (Lipinski definition) is 3. The standard InChI is InChI=1S/C14H22N5O7P/c1-3-23-27(22,24-4-2)25-5-8-10(20)11(21)14(26-8)19-7-18-9-12(15)16-6-17-13(9)19/h6-8,10-11,14,20-21H,3-5H2,1-2H3,(H2,15,16,17)/t8-,10+,11+,14-/m1/s1. The zero-order valence-electron chi connectivity index (χ0n) is 14.8. The lowest BCUT2D eigenvalue weighted by Gasteiger charge is -2.20. The first-order valence-electron chi connectivity index (χ1n) is 8.38. The van der Waals surface area contributed by atoms with E-state index in [9.17, 15) is 14.8 Å². The fourth-order valence-electron chi connectivity index (χ4n) is 2.75. The second kappa shape index (κ2) is 8.15. The SMILES string of the molecule is CCOP(=O)(OCC)OC[C@H]1O[C@@H](n2cnc3c(N)ncnc32)[C@@H](O)[C@H]1O. The summed E-state index contributed by atoms with van der Waals surface area (Å²) in [6.45, 7) is 3.23. The molecule has 150 valence electrons. The summed E-state index contributed by atoms with van der Waals surface area (Å²) in [7, 11) is -3.77. The van der Waals surface area contributed by atoms with Gasteiger partial charge in [0.2, 0.25) is 0 Å². The summed E-state index contributed by atoms with van der Waals surface area (Å²) in [6.07, 6.45) is -1.93. The summed E-state index contributed by atoms with van der Waals surface area (Å²) in [5, 5.41) is 20.7. The Balaban J connectivity index is 1.75. The molecule has 4 atom stereocenters. The molecule has 1 aliphatic heterocycles. The van der Waals surface area contributed by atoms with E-state index in [1.807, 2.05) is 0 Å². The van der Waals surface area contributed by atoms with E-state index in [0.29, 0.717) is 11.2 Å². The molecule has 0 bridgehead atoms. The van der Waals surface area contributed by atoms with E-state index in [-0.39, 0.29) is 25.6 Å². The molecule has 12 nitrogen and oxygen atoms in total. The van der Waals surface area contributed by atoms with Crippen molar-refractivity contribution in [2.45, 2.75) is 38.4 Å². The number of nitrogens with two attached hydrogens (primary N) is 1. The van der Waals surface area contributed by atoms with Crippen LogP contribution in [0.3, 0.4) is 0 Å². The minimum atomic E-state index is -3.77. The number of fused-ring (bicyclic) bond motifs is 1. The number of rotatable bonds is 8. The molecular formula is C14H22N5O7P. The molecular weight excluding hydrogens is 381 g/mol. The zero-order chi connectivity index (χ0) is 19.6. The first kappa shape index (κ1) is 20.1. The van der Waals surface area contributed by atoms with Crippen molar-refractivity contribution in [2.24, 2.45) is 0 Å². The number of aliphatic hydroxyl groups is 2. The van der Waals surface area contributed by atoms with Crippen molar-refractivity contribution >= 4 is 24.8 Å². The topological polar surface area (TPSA) is 164 Å². The van der Waals surface area contributed by atoms with Gasteiger partial charge in [0.15, 0.2) is 17.7 Å². The van der Waals surface area contributed by atoms with Gasteiger partial charge in [-0.05, 0) is 13.8 Å². The molecule has 0 unspecified atom stereocenters. The van der Waals surface area contributed by atoms with Crippen LogP contribution in [-0.2, 0) is 22.9 Å². The van der Waals surface area contributed by atoms with E-state index in [0.717, 1.165) is 0 Å². The van der Waals surface area contributed by atoms with E-state index < -0.39 is 32.4 Å². The second-order valence-electron chi connectivity index (χ2n) is 5.71. The van der Waals surface area contributed by atoms with Gasteiger partial charge in [0.25, 0.3) is 0 Å². The van der Waals surface area contributed by atoms with E-state index >= 15 is 0 Å². The van der Waals surface area contributed by atoms with Crippen molar-refractivity contribution in [1.29, 1.82) is 0 Å². The van der Waals surface area contributed by atoms with Crippen molar-refractivity contribution < 1.29 is 33.1 Å². The lowest BCUT2D eigenvalue weighted by molar-refractivity contribution is -0.0524. The number of nitrogens with zero attached hydrogens (tertiary/aromatic N) is 4. The first-order valence-corrected chi connectivity index (χ1v) is 9.84. The molecule has 2 aromatic rings. The van der Waals surface area contributed by atoms with Gasteiger partial charge in [-0.2, -0.15) is 0 Å². The van der Waals surface area contributed by atoms with Crippen molar-refractivity contribution in [2.75, 3.05) is 25.6 Å². The lowest BCUT2D eigenvalue weighted by Crippen LogP contribution is -2.33. The minimum Gasteiger partial charge on any atom is -0.387 e. The molecule has 13 heteroatoms. The first-order chi connectivity index (χ1) is 12.9. The van der Waals surface area contributed by atoms with Crippen LogP contribution in [0.25, 0.3) is 11.2 Å². The molecule has 0 radical (unpaired) electrons. The Hall–Kier alpha value is -1.66. The van der Waals surface area contributed by atoms with Crippen LogP contribution in [0.5, 0.6) is 0 Å². The maximum Gasteiger partial charge on any atom is 0.474 e. The van der Waals surface area contributed by atoms with Crippen LogP contribution in [0.15, 0.2) is 12.7 Å². The average molecular weight is 403 g/mol. The van der Waals surface area contributed by atoms with Gasteiger partial charge in [-0.1, -0.05) is 0 Å². The van der Waals surface area contributed by atoms with Crippen molar-refractivity contribution in [3.8, 4) is 0 Å². The molecule has 0 aliphatic carbocycles.